The number of aliphatic hydroxyl groups excluding tert-OH is 1. The van der Waals surface area contributed by atoms with Crippen LogP contribution in [0.4, 0.5) is 0 Å². The molecule has 4 rings (SSSR count). The van der Waals surface area contributed by atoms with Crippen molar-refractivity contribution in [2.75, 3.05) is 13.6 Å². The fourth-order valence-electron chi connectivity index (χ4n) is 3.31. The van der Waals surface area contributed by atoms with Gasteiger partial charge in [0, 0.05) is 13.1 Å². The molecule has 1 aliphatic rings. The standard InChI is InChI=1S/C23H23NO3/c1-24-14-18-9-12-21(13-22(18)23(25)15-24)26-16-17-7-10-20(11-8-17)27-19-5-3-2-4-6-19/h2-13,23,25H,14-16H2,1H3/t23-/m0/s1. The van der Waals surface area contributed by atoms with Crippen LogP contribution in [0.2, 0.25) is 0 Å². The Kier molecular flexibility index (Phi) is 5.10. The van der Waals surface area contributed by atoms with E-state index in [1.165, 1.54) is 0 Å². The van der Waals surface area contributed by atoms with Gasteiger partial charge in [-0.15, -0.1) is 0 Å². The van der Waals surface area contributed by atoms with Crippen LogP contribution in [0.15, 0.2) is 72.8 Å². The van der Waals surface area contributed by atoms with Crippen molar-refractivity contribution in [2.45, 2.75) is 19.3 Å². The van der Waals surface area contributed by atoms with E-state index in [-0.39, 0.29) is 0 Å². The summed E-state index contributed by atoms with van der Waals surface area (Å²) in [5.74, 6) is 2.40. The first-order chi connectivity index (χ1) is 13.2. The first-order valence-corrected chi connectivity index (χ1v) is 9.11. The third-order valence-corrected chi connectivity index (χ3v) is 4.71. The molecule has 1 heterocycles. The SMILES string of the molecule is CN1Cc2ccc(OCc3ccc(Oc4ccccc4)cc3)cc2[C@@H](O)C1. The molecule has 4 heteroatoms. The second kappa shape index (κ2) is 7.82. The van der Waals surface area contributed by atoms with Crippen molar-refractivity contribution in [3.8, 4) is 17.2 Å². The van der Waals surface area contributed by atoms with E-state index in [9.17, 15) is 5.11 Å². The number of rotatable bonds is 5. The van der Waals surface area contributed by atoms with Gasteiger partial charge in [-0.05, 0) is 60.1 Å². The largest absolute Gasteiger partial charge is 0.489 e. The Hall–Kier alpha value is -2.82. The lowest BCUT2D eigenvalue weighted by Gasteiger charge is -2.29. The summed E-state index contributed by atoms with van der Waals surface area (Å²) in [6.07, 6.45) is -0.461. The van der Waals surface area contributed by atoms with E-state index in [0.29, 0.717) is 13.2 Å². The quantitative estimate of drug-likeness (QED) is 0.725. The molecule has 1 atom stereocenters. The summed E-state index contributed by atoms with van der Waals surface area (Å²) in [4.78, 5) is 2.12. The lowest BCUT2D eigenvalue weighted by molar-refractivity contribution is 0.107. The van der Waals surface area contributed by atoms with Gasteiger partial charge in [-0.25, -0.2) is 0 Å². The van der Waals surface area contributed by atoms with Crippen LogP contribution in [-0.4, -0.2) is 23.6 Å². The molecule has 0 bridgehead atoms. The number of hydrogen-bond donors (Lipinski definition) is 1. The molecule has 1 N–H and O–H groups in total. The van der Waals surface area contributed by atoms with Crippen molar-refractivity contribution < 1.29 is 14.6 Å². The van der Waals surface area contributed by atoms with Crippen molar-refractivity contribution >= 4 is 0 Å². The summed E-state index contributed by atoms with van der Waals surface area (Å²) >= 11 is 0. The highest BCUT2D eigenvalue weighted by molar-refractivity contribution is 5.39. The minimum atomic E-state index is -0.461. The summed E-state index contributed by atoms with van der Waals surface area (Å²) in [5, 5.41) is 10.3. The van der Waals surface area contributed by atoms with Gasteiger partial charge in [-0.1, -0.05) is 36.4 Å². The van der Waals surface area contributed by atoms with Gasteiger partial charge in [-0.2, -0.15) is 0 Å². The molecule has 0 unspecified atom stereocenters. The number of fused-ring (bicyclic) bond motifs is 1. The smallest absolute Gasteiger partial charge is 0.127 e. The highest BCUT2D eigenvalue weighted by atomic mass is 16.5. The molecule has 0 saturated heterocycles. The number of hydrogen-bond acceptors (Lipinski definition) is 4. The third kappa shape index (κ3) is 4.30. The van der Waals surface area contributed by atoms with E-state index in [2.05, 4.69) is 4.90 Å². The molecule has 0 aliphatic carbocycles. The minimum Gasteiger partial charge on any atom is -0.489 e. The predicted molar refractivity (Wildman–Crippen MR) is 105 cm³/mol. The van der Waals surface area contributed by atoms with E-state index in [1.807, 2.05) is 79.8 Å². The molecule has 3 aromatic rings. The van der Waals surface area contributed by atoms with Crippen LogP contribution < -0.4 is 9.47 Å². The number of likely N-dealkylation sites (N-methyl/N-ethyl adjacent to an activating group) is 1. The molecule has 0 aromatic heterocycles. The van der Waals surface area contributed by atoms with Crippen molar-refractivity contribution in [3.05, 3.63) is 89.5 Å². The zero-order valence-electron chi connectivity index (χ0n) is 15.3. The van der Waals surface area contributed by atoms with Crippen molar-refractivity contribution in [1.82, 2.24) is 4.90 Å². The molecule has 0 fully saturated rings. The van der Waals surface area contributed by atoms with Crippen LogP contribution in [0.25, 0.3) is 0 Å². The van der Waals surface area contributed by atoms with E-state index < -0.39 is 6.10 Å². The molecule has 138 valence electrons. The zero-order valence-corrected chi connectivity index (χ0v) is 15.3. The average Bonchev–Trinajstić information content (AvgIpc) is 2.68. The zero-order chi connectivity index (χ0) is 18.6. The molecule has 1 aliphatic heterocycles. The van der Waals surface area contributed by atoms with Crippen LogP contribution in [0, 0.1) is 0 Å². The van der Waals surface area contributed by atoms with Gasteiger partial charge in [0.2, 0.25) is 0 Å². The van der Waals surface area contributed by atoms with Gasteiger partial charge in [0.05, 0.1) is 6.10 Å². The minimum absolute atomic E-state index is 0.461. The molecular weight excluding hydrogens is 338 g/mol. The lowest BCUT2D eigenvalue weighted by atomic mass is 9.97. The van der Waals surface area contributed by atoms with Crippen LogP contribution >= 0.6 is 0 Å². The number of β-amino-alcohol motifs (C(OH)–C–C–N with tert-alkyl or cyclic N) is 1. The van der Waals surface area contributed by atoms with Crippen LogP contribution in [0.1, 0.15) is 22.8 Å². The Morgan fingerprint density at radius 3 is 2.41 bits per heavy atom. The van der Waals surface area contributed by atoms with Crippen LogP contribution in [-0.2, 0) is 13.2 Å². The Morgan fingerprint density at radius 1 is 0.926 bits per heavy atom. The Balaban J connectivity index is 1.38. The second-order valence-electron chi connectivity index (χ2n) is 6.92. The maximum atomic E-state index is 10.3. The van der Waals surface area contributed by atoms with Crippen molar-refractivity contribution in [2.24, 2.45) is 0 Å². The predicted octanol–water partition coefficient (Wildman–Crippen LogP) is 4.54. The summed E-state index contributed by atoms with van der Waals surface area (Å²) in [5.41, 5.74) is 3.19. The summed E-state index contributed by atoms with van der Waals surface area (Å²) in [6.45, 7) is 1.98. The molecule has 3 aromatic carbocycles. The lowest BCUT2D eigenvalue weighted by Crippen LogP contribution is -2.30. The van der Waals surface area contributed by atoms with Gasteiger partial charge in [0.25, 0.3) is 0 Å². The van der Waals surface area contributed by atoms with Crippen LogP contribution in [0.5, 0.6) is 17.2 Å². The van der Waals surface area contributed by atoms with Gasteiger partial charge >= 0.3 is 0 Å². The van der Waals surface area contributed by atoms with E-state index in [4.69, 9.17) is 9.47 Å². The summed E-state index contributed by atoms with van der Waals surface area (Å²) in [6, 6.07) is 23.6. The van der Waals surface area contributed by atoms with Gasteiger partial charge in [0.1, 0.15) is 23.9 Å². The topological polar surface area (TPSA) is 41.9 Å². The number of ether oxygens (including phenoxy) is 2. The normalized spacial score (nSPS) is 16.6. The monoisotopic (exact) mass is 361 g/mol. The van der Waals surface area contributed by atoms with Crippen molar-refractivity contribution in [1.29, 1.82) is 0 Å². The van der Waals surface area contributed by atoms with E-state index in [0.717, 1.165) is 40.5 Å². The number of aliphatic hydroxyl groups is 1. The fourth-order valence-corrected chi connectivity index (χ4v) is 3.31. The molecule has 0 spiro atoms. The highest BCUT2D eigenvalue weighted by Crippen LogP contribution is 2.29. The highest BCUT2D eigenvalue weighted by Gasteiger charge is 2.21. The summed E-state index contributed by atoms with van der Waals surface area (Å²) in [7, 11) is 2.02. The Morgan fingerprint density at radius 2 is 1.63 bits per heavy atom. The fraction of sp³-hybridized carbons (Fsp3) is 0.217. The Bertz CT molecular complexity index is 893. The molecule has 0 amide bonds. The molecule has 4 nitrogen and oxygen atoms in total. The third-order valence-electron chi connectivity index (χ3n) is 4.71. The molecule has 0 saturated carbocycles. The van der Waals surface area contributed by atoms with Crippen LogP contribution in [0.3, 0.4) is 0 Å². The average molecular weight is 361 g/mol. The number of para-hydroxylation sites is 1. The molecule has 0 radical (unpaired) electrons. The maximum absolute atomic E-state index is 10.3. The first-order valence-electron chi connectivity index (χ1n) is 9.11. The first kappa shape index (κ1) is 17.6. The maximum Gasteiger partial charge on any atom is 0.127 e. The molecular formula is C23H23NO3. The van der Waals surface area contributed by atoms with Gasteiger partial charge in [-0.3, -0.25) is 4.90 Å². The summed E-state index contributed by atoms with van der Waals surface area (Å²) < 4.78 is 11.7. The van der Waals surface area contributed by atoms with Crippen molar-refractivity contribution in [3.63, 3.8) is 0 Å². The molecule has 27 heavy (non-hydrogen) atoms. The number of benzene rings is 3. The number of nitrogens with zero attached hydrogens (tertiary/aromatic N) is 1. The Labute approximate surface area is 159 Å². The van der Waals surface area contributed by atoms with Gasteiger partial charge < -0.3 is 14.6 Å². The van der Waals surface area contributed by atoms with Gasteiger partial charge in [0.15, 0.2) is 0 Å². The van der Waals surface area contributed by atoms with E-state index >= 15 is 0 Å². The van der Waals surface area contributed by atoms with E-state index in [1.54, 1.807) is 0 Å². The second-order valence-corrected chi connectivity index (χ2v) is 6.92.